The molecule has 1 aromatic carbocycles. The van der Waals surface area contributed by atoms with Gasteiger partial charge in [0, 0.05) is 19.7 Å². The van der Waals surface area contributed by atoms with E-state index in [-0.39, 0.29) is 12.1 Å². The van der Waals surface area contributed by atoms with Crippen molar-refractivity contribution < 1.29 is 13.2 Å². The fourth-order valence-electron chi connectivity index (χ4n) is 2.90. The molecule has 6 heteroatoms. The van der Waals surface area contributed by atoms with Gasteiger partial charge < -0.3 is 10.5 Å². The summed E-state index contributed by atoms with van der Waals surface area (Å²) < 4.78 is 33.5. The van der Waals surface area contributed by atoms with Gasteiger partial charge in [-0.2, -0.15) is 0 Å². The van der Waals surface area contributed by atoms with Gasteiger partial charge in [0.1, 0.15) is 0 Å². The number of aryl methyl sites for hydroxylation is 1. The van der Waals surface area contributed by atoms with Crippen LogP contribution in [0.3, 0.4) is 0 Å². The summed E-state index contributed by atoms with van der Waals surface area (Å²) >= 11 is 0. The second-order valence-corrected chi connectivity index (χ2v) is 7.36. The lowest BCUT2D eigenvalue weighted by Gasteiger charge is -2.21. The van der Waals surface area contributed by atoms with Gasteiger partial charge in [-0.05, 0) is 55.9 Å². The van der Waals surface area contributed by atoms with Gasteiger partial charge in [0.15, 0.2) is 0 Å². The molecule has 0 heterocycles. The van der Waals surface area contributed by atoms with Gasteiger partial charge in [0.25, 0.3) is 0 Å². The van der Waals surface area contributed by atoms with Crippen LogP contribution in [-0.2, 0) is 21.3 Å². The van der Waals surface area contributed by atoms with Crippen LogP contribution in [0.5, 0.6) is 0 Å². The Balaban J connectivity index is 2.33. The minimum atomic E-state index is -3.56. The van der Waals surface area contributed by atoms with Crippen molar-refractivity contribution in [3.8, 4) is 0 Å². The summed E-state index contributed by atoms with van der Waals surface area (Å²) in [5.41, 5.74) is 8.19. The lowest BCUT2D eigenvalue weighted by molar-refractivity contribution is 0.0916. The van der Waals surface area contributed by atoms with Gasteiger partial charge in [-0.25, -0.2) is 13.1 Å². The highest BCUT2D eigenvalue weighted by molar-refractivity contribution is 7.89. The van der Waals surface area contributed by atoms with Crippen molar-refractivity contribution in [2.75, 3.05) is 7.11 Å². The molecule has 3 N–H and O–H groups in total. The third-order valence-electron chi connectivity index (χ3n) is 4.27. The summed E-state index contributed by atoms with van der Waals surface area (Å²) in [7, 11) is -1.93. The molecule has 1 aromatic rings. The maximum atomic E-state index is 12.7. The van der Waals surface area contributed by atoms with E-state index in [9.17, 15) is 8.42 Å². The average Bonchev–Trinajstić information content (AvgIpc) is 2.87. The highest BCUT2D eigenvalue weighted by Gasteiger charge is 2.32. The molecular weight excluding hydrogens is 288 g/mol. The zero-order chi connectivity index (χ0) is 15.6. The Morgan fingerprint density at radius 2 is 2.05 bits per heavy atom. The number of rotatable bonds is 5. The normalized spacial score (nSPS) is 22.7. The minimum absolute atomic E-state index is 0.0427. The molecule has 0 bridgehead atoms. The number of methoxy groups -OCH3 is 1. The zero-order valence-corrected chi connectivity index (χ0v) is 13.7. The van der Waals surface area contributed by atoms with Crippen LogP contribution in [0.1, 0.15) is 36.0 Å². The molecule has 21 heavy (non-hydrogen) atoms. The second kappa shape index (κ2) is 6.44. The fraction of sp³-hybridized carbons (Fsp3) is 0.600. The minimum Gasteiger partial charge on any atom is -0.380 e. The predicted molar refractivity (Wildman–Crippen MR) is 82.6 cm³/mol. The molecule has 1 fully saturated rings. The Morgan fingerprint density at radius 1 is 1.33 bits per heavy atom. The highest BCUT2D eigenvalue weighted by atomic mass is 32.2. The zero-order valence-electron chi connectivity index (χ0n) is 12.8. The van der Waals surface area contributed by atoms with E-state index >= 15 is 0 Å². The second-order valence-electron chi connectivity index (χ2n) is 5.67. The monoisotopic (exact) mass is 312 g/mol. The molecule has 0 spiro atoms. The summed E-state index contributed by atoms with van der Waals surface area (Å²) in [6.45, 7) is 4.06. The molecule has 0 aliphatic heterocycles. The van der Waals surface area contributed by atoms with E-state index in [2.05, 4.69) is 4.72 Å². The third kappa shape index (κ3) is 3.45. The van der Waals surface area contributed by atoms with Crippen molar-refractivity contribution in [2.24, 2.45) is 5.73 Å². The molecule has 1 aliphatic carbocycles. The topological polar surface area (TPSA) is 81.4 Å². The molecule has 1 aliphatic rings. The number of hydrogen-bond donors (Lipinski definition) is 2. The third-order valence-corrected chi connectivity index (χ3v) is 5.88. The van der Waals surface area contributed by atoms with Crippen LogP contribution in [0.15, 0.2) is 17.0 Å². The van der Waals surface area contributed by atoms with E-state index in [1.54, 1.807) is 13.2 Å². The van der Waals surface area contributed by atoms with E-state index < -0.39 is 10.0 Å². The first-order valence-corrected chi connectivity index (χ1v) is 8.72. The Morgan fingerprint density at radius 3 is 2.67 bits per heavy atom. The first-order valence-electron chi connectivity index (χ1n) is 7.24. The van der Waals surface area contributed by atoms with Crippen LogP contribution in [0.2, 0.25) is 0 Å². The molecule has 118 valence electrons. The number of nitrogens with one attached hydrogen (secondary N) is 1. The SMILES string of the molecule is COC1CCCC1NS(=O)(=O)c1cc(CN)cc(C)c1C. The number of ether oxygens (including phenoxy) is 1. The number of benzene rings is 1. The van der Waals surface area contributed by atoms with Crippen molar-refractivity contribution >= 4 is 10.0 Å². The van der Waals surface area contributed by atoms with Crippen molar-refractivity contribution in [1.82, 2.24) is 4.72 Å². The van der Waals surface area contributed by atoms with Crippen LogP contribution < -0.4 is 10.5 Å². The molecule has 2 unspecified atom stereocenters. The quantitative estimate of drug-likeness (QED) is 0.865. The maximum Gasteiger partial charge on any atom is 0.241 e. The standard InChI is InChI=1S/C15H24N2O3S/c1-10-7-12(9-16)8-15(11(10)2)21(18,19)17-13-5-4-6-14(13)20-3/h7-8,13-14,17H,4-6,9,16H2,1-3H3. The summed E-state index contributed by atoms with van der Waals surface area (Å²) in [5, 5.41) is 0. The van der Waals surface area contributed by atoms with Gasteiger partial charge >= 0.3 is 0 Å². The first kappa shape index (κ1) is 16.4. The fourth-order valence-corrected chi connectivity index (χ4v) is 4.57. The smallest absolute Gasteiger partial charge is 0.241 e. The van der Waals surface area contributed by atoms with Gasteiger partial charge in [-0.1, -0.05) is 6.07 Å². The van der Waals surface area contributed by atoms with E-state index in [1.807, 2.05) is 19.9 Å². The van der Waals surface area contributed by atoms with Gasteiger partial charge in [0.2, 0.25) is 10.0 Å². The van der Waals surface area contributed by atoms with Gasteiger partial charge in [0.05, 0.1) is 11.0 Å². The van der Waals surface area contributed by atoms with E-state index in [4.69, 9.17) is 10.5 Å². The highest BCUT2D eigenvalue weighted by Crippen LogP contribution is 2.26. The molecule has 0 amide bonds. The van der Waals surface area contributed by atoms with E-state index in [1.165, 1.54) is 0 Å². The van der Waals surface area contributed by atoms with Crippen LogP contribution in [0, 0.1) is 13.8 Å². The van der Waals surface area contributed by atoms with E-state index in [0.29, 0.717) is 11.4 Å². The van der Waals surface area contributed by atoms with Crippen LogP contribution in [0.4, 0.5) is 0 Å². The van der Waals surface area contributed by atoms with Crippen LogP contribution in [0.25, 0.3) is 0 Å². The Kier molecular flexibility index (Phi) is 5.03. The number of sulfonamides is 1. The van der Waals surface area contributed by atoms with Crippen molar-refractivity contribution in [2.45, 2.75) is 56.7 Å². The predicted octanol–water partition coefficient (Wildman–Crippen LogP) is 1.61. The maximum absolute atomic E-state index is 12.7. The van der Waals surface area contributed by atoms with Crippen molar-refractivity contribution in [3.05, 3.63) is 28.8 Å². The summed E-state index contributed by atoms with van der Waals surface area (Å²) in [4.78, 5) is 0.324. The van der Waals surface area contributed by atoms with Crippen molar-refractivity contribution in [1.29, 1.82) is 0 Å². The van der Waals surface area contributed by atoms with Gasteiger partial charge in [-0.15, -0.1) is 0 Å². The molecular formula is C15H24N2O3S. The van der Waals surface area contributed by atoms with Crippen LogP contribution >= 0.6 is 0 Å². The molecule has 1 saturated carbocycles. The average molecular weight is 312 g/mol. The van der Waals surface area contributed by atoms with Crippen molar-refractivity contribution in [3.63, 3.8) is 0 Å². The Bertz CT molecular complexity index is 614. The number of nitrogens with two attached hydrogens (primary N) is 1. The summed E-state index contributed by atoms with van der Waals surface area (Å²) in [6.07, 6.45) is 2.64. The molecule has 0 radical (unpaired) electrons. The number of hydrogen-bond acceptors (Lipinski definition) is 4. The molecule has 0 saturated heterocycles. The molecule has 0 aromatic heterocycles. The summed E-state index contributed by atoms with van der Waals surface area (Å²) in [6, 6.07) is 3.45. The molecule has 2 atom stereocenters. The Labute approximate surface area is 126 Å². The Hall–Kier alpha value is -0.950. The lowest BCUT2D eigenvalue weighted by Crippen LogP contribution is -2.40. The molecule has 5 nitrogen and oxygen atoms in total. The summed E-state index contributed by atoms with van der Waals surface area (Å²) in [5.74, 6) is 0. The lowest BCUT2D eigenvalue weighted by atomic mass is 10.1. The molecule has 2 rings (SSSR count). The van der Waals surface area contributed by atoms with Gasteiger partial charge in [-0.3, -0.25) is 0 Å². The van der Waals surface area contributed by atoms with E-state index in [0.717, 1.165) is 36.0 Å². The first-order chi connectivity index (χ1) is 9.89. The largest absolute Gasteiger partial charge is 0.380 e. The van der Waals surface area contributed by atoms with Crippen LogP contribution in [-0.4, -0.2) is 27.7 Å².